The highest BCUT2D eigenvalue weighted by atomic mass is 32.2. The van der Waals surface area contributed by atoms with Crippen molar-refractivity contribution in [3.05, 3.63) is 54.5 Å². The maximum Gasteiger partial charge on any atom is 0.243 e. The van der Waals surface area contributed by atoms with Gasteiger partial charge in [-0.2, -0.15) is 0 Å². The molecule has 2 atom stereocenters. The lowest BCUT2D eigenvalue weighted by atomic mass is 10.00. The van der Waals surface area contributed by atoms with Gasteiger partial charge in [0.05, 0.1) is 30.4 Å². The summed E-state index contributed by atoms with van der Waals surface area (Å²) >= 11 is 0. The molecular weight excluding hydrogens is 446 g/mol. The molecule has 1 aliphatic rings. The summed E-state index contributed by atoms with van der Waals surface area (Å²) in [6, 6.07) is 10.5. The number of furan rings is 1. The van der Waals surface area contributed by atoms with E-state index >= 15 is 0 Å². The second kappa shape index (κ2) is 11.4. The highest BCUT2D eigenvalue weighted by Gasteiger charge is 2.35. The van der Waals surface area contributed by atoms with E-state index < -0.39 is 28.5 Å². The fourth-order valence-corrected chi connectivity index (χ4v) is 4.81. The van der Waals surface area contributed by atoms with E-state index in [1.54, 1.807) is 30.3 Å². The van der Waals surface area contributed by atoms with Crippen molar-refractivity contribution in [2.45, 2.75) is 50.3 Å². The molecule has 0 bridgehead atoms. The number of benzene rings is 1. The molecule has 3 rings (SSSR count). The number of sulfonamides is 1. The van der Waals surface area contributed by atoms with Crippen molar-refractivity contribution in [1.82, 2.24) is 14.9 Å². The Morgan fingerprint density at radius 2 is 1.91 bits per heavy atom. The van der Waals surface area contributed by atoms with Crippen LogP contribution in [0.4, 0.5) is 0 Å². The van der Waals surface area contributed by atoms with Gasteiger partial charge in [-0.05, 0) is 43.0 Å². The van der Waals surface area contributed by atoms with E-state index in [0.717, 1.165) is 12.8 Å². The van der Waals surface area contributed by atoms with Gasteiger partial charge in [0.15, 0.2) is 0 Å². The van der Waals surface area contributed by atoms with E-state index in [4.69, 9.17) is 9.15 Å². The molecule has 2 N–H and O–H groups in total. The molecule has 33 heavy (non-hydrogen) atoms. The van der Waals surface area contributed by atoms with E-state index in [-0.39, 0.29) is 35.9 Å². The fraction of sp³-hybridized carbons (Fsp3) is 0.478. The van der Waals surface area contributed by atoms with Crippen LogP contribution in [0, 0.1) is 5.92 Å². The van der Waals surface area contributed by atoms with Crippen LogP contribution in [0.3, 0.4) is 0 Å². The van der Waals surface area contributed by atoms with Gasteiger partial charge in [-0.25, -0.2) is 13.1 Å². The van der Waals surface area contributed by atoms with Crippen molar-refractivity contribution in [2.24, 2.45) is 5.92 Å². The average Bonchev–Trinajstić information content (AvgIpc) is 3.50. The molecule has 1 saturated heterocycles. The Bertz CT molecular complexity index is 1000. The molecule has 1 aliphatic heterocycles. The lowest BCUT2D eigenvalue weighted by Gasteiger charge is -2.35. The molecule has 0 unspecified atom stereocenters. The summed E-state index contributed by atoms with van der Waals surface area (Å²) < 4.78 is 38.5. The van der Waals surface area contributed by atoms with Gasteiger partial charge in [0, 0.05) is 13.2 Å². The van der Waals surface area contributed by atoms with Gasteiger partial charge < -0.3 is 19.4 Å². The number of carbonyl (C=O) groups excluding carboxylic acids is 2. The van der Waals surface area contributed by atoms with Crippen LogP contribution >= 0.6 is 0 Å². The maximum atomic E-state index is 13.2. The summed E-state index contributed by atoms with van der Waals surface area (Å²) in [5.41, 5.74) is 0. The van der Waals surface area contributed by atoms with Gasteiger partial charge in [0.25, 0.3) is 0 Å². The van der Waals surface area contributed by atoms with Gasteiger partial charge in [0.1, 0.15) is 11.8 Å². The summed E-state index contributed by atoms with van der Waals surface area (Å²) in [5, 5.41) is 2.82. The summed E-state index contributed by atoms with van der Waals surface area (Å²) in [5.74, 6) is -0.438. The minimum Gasteiger partial charge on any atom is -0.467 e. The molecule has 9 nitrogen and oxygen atoms in total. The first-order valence-electron chi connectivity index (χ1n) is 11.0. The molecule has 180 valence electrons. The molecule has 0 aliphatic carbocycles. The second-order valence-electron chi connectivity index (χ2n) is 8.30. The number of hydrogen-bond donors (Lipinski definition) is 2. The van der Waals surface area contributed by atoms with Crippen LogP contribution in [-0.4, -0.2) is 57.0 Å². The standard InChI is InChI=1S/C23H31N3O6S/c1-17(2)22(23(28)24-14-18-8-6-12-31-18)26(16-19-9-7-13-32-19)21(27)15-25-33(29,30)20-10-4-3-5-11-20/h3-6,8,10-12,17,19,22,25H,7,9,13-16H2,1-2H3,(H,24,28)/t19-,22+/m0/s1. The lowest BCUT2D eigenvalue weighted by molar-refractivity contribution is -0.143. The number of nitrogens with one attached hydrogen (secondary N) is 2. The zero-order chi connectivity index (χ0) is 23.8. The molecule has 2 amide bonds. The van der Waals surface area contributed by atoms with Crippen LogP contribution < -0.4 is 10.0 Å². The molecule has 0 saturated carbocycles. The molecule has 1 aromatic carbocycles. The normalized spacial score (nSPS) is 17.1. The van der Waals surface area contributed by atoms with Gasteiger partial charge >= 0.3 is 0 Å². The summed E-state index contributed by atoms with van der Waals surface area (Å²) in [6.45, 7) is 4.24. The Morgan fingerprint density at radius 3 is 2.52 bits per heavy atom. The van der Waals surface area contributed by atoms with Crippen LogP contribution in [0.15, 0.2) is 58.0 Å². The molecule has 1 aromatic heterocycles. The van der Waals surface area contributed by atoms with Crippen LogP contribution in [0.1, 0.15) is 32.4 Å². The van der Waals surface area contributed by atoms with Crippen LogP contribution in [-0.2, 0) is 30.9 Å². The van der Waals surface area contributed by atoms with Crippen molar-refractivity contribution in [3.63, 3.8) is 0 Å². The van der Waals surface area contributed by atoms with Crippen LogP contribution in [0.2, 0.25) is 0 Å². The smallest absolute Gasteiger partial charge is 0.243 e. The van der Waals surface area contributed by atoms with E-state index in [1.807, 2.05) is 13.8 Å². The second-order valence-corrected chi connectivity index (χ2v) is 10.1. The number of ether oxygens (including phenoxy) is 1. The van der Waals surface area contributed by atoms with Crippen molar-refractivity contribution in [1.29, 1.82) is 0 Å². The predicted molar refractivity (Wildman–Crippen MR) is 121 cm³/mol. The summed E-state index contributed by atoms with van der Waals surface area (Å²) in [6.07, 6.45) is 2.98. The first-order valence-corrected chi connectivity index (χ1v) is 12.5. The average molecular weight is 478 g/mol. The van der Waals surface area contributed by atoms with Crippen molar-refractivity contribution < 1.29 is 27.2 Å². The van der Waals surface area contributed by atoms with Gasteiger partial charge in [-0.3, -0.25) is 9.59 Å². The largest absolute Gasteiger partial charge is 0.467 e. The molecule has 2 aromatic rings. The number of amides is 2. The summed E-state index contributed by atoms with van der Waals surface area (Å²) in [4.78, 5) is 27.8. The van der Waals surface area contributed by atoms with Gasteiger partial charge in [-0.1, -0.05) is 32.0 Å². The Morgan fingerprint density at radius 1 is 1.15 bits per heavy atom. The Labute approximate surface area is 194 Å². The number of rotatable bonds is 11. The number of hydrogen-bond acceptors (Lipinski definition) is 6. The molecule has 1 fully saturated rings. The number of carbonyl (C=O) groups is 2. The minimum atomic E-state index is -3.86. The van der Waals surface area contributed by atoms with Crippen LogP contribution in [0.5, 0.6) is 0 Å². The Kier molecular flexibility index (Phi) is 8.65. The molecule has 2 heterocycles. The third-order valence-electron chi connectivity index (χ3n) is 5.46. The highest BCUT2D eigenvalue weighted by molar-refractivity contribution is 7.89. The predicted octanol–water partition coefficient (Wildman–Crippen LogP) is 1.91. The first kappa shape index (κ1) is 24.9. The third kappa shape index (κ3) is 6.89. The zero-order valence-electron chi connectivity index (χ0n) is 18.9. The van der Waals surface area contributed by atoms with Crippen molar-refractivity contribution in [3.8, 4) is 0 Å². The monoisotopic (exact) mass is 477 g/mol. The van der Waals surface area contributed by atoms with Gasteiger partial charge in [0.2, 0.25) is 21.8 Å². The number of nitrogens with zero attached hydrogens (tertiary/aromatic N) is 1. The first-order chi connectivity index (χ1) is 15.8. The fourth-order valence-electron chi connectivity index (χ4n) is 3.82. The van der Waals surface area contributed by atoms with Crippen molar-refractivity contribution >= 4 is 21.8 Å². The molecular formula is C23H31N3O6S. The minimum absolute atomic E-state index is 0.0695. The topological polar surface area (TPSA) is 118 Å². The third-order valence-corrected chi connectivity index (χ3v) is 6.88. The van der Waals surface area contributed by atoms with Gasteiger partial charge in [-0.15, -0.1) is 0 Å². The maximum absolute atomic E-state index is 13.2. The molecule has 10 heteroatoms. The SMILES string of the molecule is CC(C)[C@H](C(=O)NCc1ccco1)N(C[C@@H]1CCCO1)C(=O)CNS(=O)(=O)c1ccccc1. The molecule has 0 radical (unpaired) electrons. The Balaban J connectivity index is 1.74. The van der Waals surface area contributed by atoms with E-state index in [0.29, 0.717) is 12.4 Å². The Hall–Kier alpha value is -2.69. The zero-order valence-corrected chi connectivity index (χ0v) is 19.7. The van der Waals surface area contributed by atoms with E-state index in [9.17, 15) is 18.0 Å². The van der Waals surface area contributed by atoms with E-state index in [2.05, 4.69) is 10.0 Å². The lowest BCUT2D eigenvalue weighted by Crippen LogP contribution is -2.56. The quantitative estimate of drug-likeness (QED) is 0.510. The van der Waals surface area contributed by atoms with Crippen LogP contribution in [0.25, 0.3) is 0 Å². The van der Waals surface area contributed by atoms with E-state index in [1.165, 1.54) is 23.3 Å². The summed E-state index contributed by atoms with van der Waals surface area (Å²) in [7, 11) is -3.86. The highest BCUT2D eigenvalue weighted by Crippen LogP contribution is 2.19. The molecule has 0 spiro atoms. The van der Waals surface area contributed by atoms with Crippen molar-refractivity contribution in [2.75, 3.05) is 19.7 Å².